The maximum absolute atomic E-state index is 12.9. The van der Waals surface area contributed by atoms with E-state index in [9.17, 15) is 9.59 Å². The summed E-state index contributed by atoms with van der Waals surface area (Å²) in [7, 11) is 0. The lowest BCUT2D eigenvalue weighted by atomic mass is 10.1. The highest BCUT2D eigenvalue weighted by molar-refractivity contribution is 6.08. The maximum atomic E-state index is 12.9. The molecule has 0 unspecified atom stereocenters. The first-order valence-electron chi connectivity index (χ1n) is 10.7. The normalized spacial score (nSPS) is 10.4. The summed E-state index contributed by atoms with van der Waals surface area (Å²) in [5, 5.41) is 5.72. The van der Waals surface area contributed by atoms with Crippen LogP contribution >= 0.6 is 0 Å². The minimum absolute atomic E-state index is 0.238. The standard InChI is InChI=1S/C26H28N2O3/c1-2-3-4-10-18-31-24-17-9-8-16-23(24)26(30)28-22-15-11-12-20(19-22)25(29)27-21-13-6-5-7-14-21/h5-9,11-17,19H,2-4,10,18H2,1H3,(H,27,29)(H,28,30). The van der Waals surface area contributed by atoms with Crippen LogP contribution in [0.4, 0.5) is 11.4 Å². The van der Waals surface area contributed by atoms with Gasteiger partial charge in [-0.05, 0) is 48.9 Å². The van der Waals surface area contributed by atoms with Gasteiger partial charge in [-0.2, -0.15) is 0 Å². The van der Waals surface area contributed by atoms with Gasteiger partial charge in [-0.1, -0.05) is 62.6 Å². The number of para-hydroxylation sites is 2. The molecule has 0 spiro atoms. The van der Waals surface area contributed by atoms with Gasteiger partial charge < -0.3 is 15.4 Å². The third kappa shape index (κ3) is 6.71. The molecule has 0 heterocycles. The number of ether oxygens (including phenoxy) is 1. The number of amides is 2. The first-order valence-corrected chi connectivity index (χ1v) is 10.7. The van der Waals surface area contributed by atoms with E-state index in [1.165, 1.54) is 12.8 Å². The van der Waals surface area contributed by atoms with E-state index < -0.39 is 0 Å². The van der Waals surface area contributed by atoms with Crippen molar-refractivity contribution in [1.29, 1.82) is 0 Å². The number of nitrogens with one attached hydrogen (secondary N) is 2. The van der Waals surface area contributed by atoms with Crippen molar-refractivity contribution in [2.45, 2.75) is 32.6 Å². The number of carbonyl (C=O) groups excluding carboxylic acids is 2. The quantitative estimate of drug-likeness (QED) is 0.390. The van der Waals surface area contributed by atoms with Gasteiger partial charge in [0.1, 0.15) is 5.75 Å². The number of hydrogen-bond acceptors (Lipinski definition) is 3. The van der Waals surface area contributed by atoms with E-state index in [4.69, 9.17) is 4.74 Å². The first-order chi connectivity index (χ1) is 15.2. The predicted octanol–water partition coefficient (Wildman–Crippen LogP) is 6.15. The Morgan fingerprint density at radius 2 is 1.45 bits per heavy atom. The minimum atomic E-state index is -0.273. The highest BCUT2D eigenvalue weighted by atomic mass is 16.5. The molecular formula is C26H28N2O3. The van der Waals surface area contributed by atoms with Gasteiger partial charge >= 0.3 is 0 Å². The Bertz CT molecular complexity index is 1000. The molecule has 0 atom stereocenters. The summed E-state index contributed by atoms with van der Waals surface area (Å²) in [6.07, 6.45) is 4.42. The minimum Gasteiger partial charge on any atom is -0.493 e. The van der Waals surface area contributed by atoms with Crippen molar-refractivity contribution in [3.05, 3.63) is 90.0 Å². The lowest BCUT2D eigenvalue weighted by Gasteiger charge is -2.12. The molecule has 0 bridgehead atoms. The van der Waals surface area contributed by atoms with Crippen molar-refractivity contribution >= 4 is 23.2 Å². The maximum Gasteiger partial charge on any atom is 0.259 e. The van der Waals surface area contributed by atoms with Crippen molar-refractivity contribution in [2.75, 3.05) is 17.2 Å². The number of carbonyl (C=O) groups is 2. The van der Waals surface area contributed by atoms with Crippen LogP contribution in [0, 0.1) is 0 Å². The Hall–Kier alpha value is -3.60. The van der Waals surface area contributed by atoms with E-state index >= 15 is 0 Å². The van der Waals surface area contributed by atoms with E-state index in [0.717, 1.165) is 12.8 Å². The molecule has 0 saturated heterocycles. The zero-order chi connectivity index (χ0) is 21.9. The molecule has 3 aromatic carbocycles. The average Bonchev–Trinajstić information content (AvgIpc) is 2.80. The topological polar surface area (TPSA) is 67.4 Å². The van der Waals surface area contributed by atoms with E-state index in [0.29, 0.717) is 34.9 Å². The SMILES string of the molecule is CCCCCCOc1ccccc1C(=O)Nc1cccc(C(=O)Nc2ccccc2)c1. The number of unbranched alkanes of at least 4 members (excludes halogenated alkanes) is 3. The lowest BCUT2D eigenvalue weighted by Crippen LogP contribution is -2.15. The van der Waals surface area contributed by atoms with Gasteiger partial charge in [-0.3, -0.25) is 9.59 Å². The van der Waals surface area contributed by atoms with Crippen LogP contribution in [-0.4, -0.2) is 18.4 Å². The fourth-order valence-electron chi connectivity index (χ4n) is 3.15. The summed E-state index contributed by atoms with van der Waals surface area (Å²) in [6.45, 7) is 2.75. The van der Waals surface area contributed by atoms with E-state index in [1.54, 1.807) is 36.4 Å². The highest BCUT2D eigenvalue weighted by Crippen LogP contribution is 2.21. The lowest BCUT2D eigenvalue weighted by molar-refractivity contribution is 0.101. The first kappa shape index (κ1) is 22.1. The monoisotopic (exact) mass is 416 g/mol. The predicted molar refractivity (Wildman–Crippen MR) is 125 cm³/mol. The summed E-state index contributed by atoms with van der Waals surface area (Å²) in [4.78, 5) is 25.4. The van der Waals surface area contributed by atoms with Gasteiger partial charge in [-0.15, -0.1) is 0 Å². The molecule has 0 aliphatic rings. The van der Waals surface area contributed by atoms with Crippen LogP contribution in [0.3, 0.4) is 0 Å². The number of rotatable bonds is 10. The summed E-state index contributed by atoms with van der Waals surface area (Å²) in [5.41, 5.74) is 2.19. The second-order valence-electron chi connectivity index (χ2n) is 7.26. The summed E-state index contributed by atoms with van der Waals surface area (Å²) in [6, 6.07) is 23.3. The van der Waals surface area contributed by atoms with Gasteiger partial charge in [-0.25, -0.2) is 0 Å². The van der Waals surface area contributed by atoms with Crippen LogP contribution < -0.4 is 15.4 Å². The van der Waals surface area contributed by atoms with Crippen molar-refractivity contribution in [3.8, 4) is 5.75 Å². The summed E-state index contributed by atoms with van der Waals surface area (Å²) < 4.78 is 5.85. The fourth-order valence-corrected chi connectivity index (χ4v) is 3.15. The Labute approximate surface area is 183 Å². The number of anilines is 2. The van der Waals surface area contributed by atoms with Crippen LogP contribution in [0.15, 0.2) is 78.9 Å². The fraction of sp³-hybridized carbons (Fsp3) is 0.231. The molecule has 3 aromatic rings. The molecule has 2 N–H and O–H groups in total. The Morgan fingerprint density at radius 3 is 2.26 bits per heavy atom. The molecule has 2 amide bonds. The smallest absolute Gasteiger partial charge is 0.259 e. The molecule has 5 nitrogen and oxygen atoms in total. The third-order valence-electron chi connectivity index (χ3n) is 4.80. The van der Waals surface area contributed by atoms with E-state index in [2.05, 4.69) is 17.6 Å². The molecule has 0 aliphatic heterocycles. The summed E-state index contributed by atoms with van der Waals surface area (Å²) in [5.74, 6) is 0.0531. The molecule has 0 aliphatic carbocycles. The van der Waals surface area contributed by atoms with Crippen LogP contribution in [0.25, 0.3) is 0 Å². The van der Waals surface area contributed by atoms with Crippen LogP contribution in [-0.2, 0) is 0 Å². The number of benzene rings is 3. The zero-order valence-corrected chi connectivity index (χ0v) is 17.8. The Kier molecular flexibility index (Phi) is 8.23. The summed E-state index contributed by atoms with van der Waals surface area (Å²) >= 11 is 0. The molecule has 5 heteroatoms. The van der Waals surface area contributed by atoms with E-state index in [-0.39, 0.29) is 11.8 Å². The molecule has 0 aromatic heterocycles. The molecular weight excluding hydrogens is 388 g/mol. The third-order valence-corrected chi connectivity index (χ3v) is 4.80. The van der Waals surface area contributed by atoms with Crippen LogP contribution in [0.1, 0.15) is 53.3 Å². The molecule has 0 radical (unpaired) electrons. The van der Waals surface area contributed by atoms with Gasteiger partial charge in [0.05, 0.1) is 12.2 Å². The zero-order valence-electron chi connectivity index (χ0n) is 17.8. The second kappa shape index (κ2) is 11.6. The van der Waals surface area contributed by atoms with Crippen molar-refractivity contribution in [2.24, 2.45) is 0 Å². The molecule has 31 heavy (non-hydrogen) atoms. The molecule has 0 saturated carbocycles. The second-order valence-corrected chi connectivity index (χ2v) is 7.26. The van der Waals surface area contributed by atoms with Crippen LogP contribution in [0.2, 0.25) is 0 Å². The molecule has 160 valence electrons. The number of hydrogen-bond donors (Lipinski definition) is 2. The van der Waals surface area contributed by atoms with E-state index in [1.807, 2.05) is 42.5 Å². The Balaban J connectivity index is 1.64. The van der Waals surface area contributed by atoms with Crippen molar-refractivity contribution < 1.29 is 14.3 Å². The highest BCUT2D eigenvalue weighted by Gasteiger charge is 2.14. The largest absolute Gasteiger partial charge is 0.493 e. The average molecular weight is 417 g/mol. The van der Waals surface area contributed by atoms with Crippen molar-refractivity contribution in [1.82, 2.24) is 0 Å². The molecule has 3 rings (SSSR count). The van der Waals surface area contributed by atoms with Crippen molar-refractivity contribution in [3.63, 3.8) is 0 Å². The van der Waals surface area contributed by atoms with Crippen LogP contribution in [0.5, 0.6) is 5.75 Å². The van der Waals surface area contributed by atoms with Gasteiger partial charge in [0.15, 0.2) is 0 Å². The molecule has 0 fully saturated rings. The van der Waals surface area contributed by atoms with Gasteiger partial charge in [0.2, 0.25) is 0 Å². The van der Waals surface area contributed by atoms with Gasteiger partial charge in [0, 0.05) is 16.9 Å². The van der Waals surface area contributed by atoms with Gasteiger partial charge in [0.25, 0.3) is 11.8 Å². The Morgan fingerprint density at radius 1 is 0.742 bits per heavy atom.